The minimum atomic E-state index is -0.0861. The van der Waals surface area contributed by atoms with Crippen molar-refractivity contribution in [2.45, 2.75) is 26.5 Å². The maximum atomic E-state index is 11.9. The SMILES string of the molecule is CCNC(=NCc1cccc(C(=O)NC)c1)N1CCOC(c2ccccc2C)C1. The van der Waals surface area contributed by atoms with Crippen LogP contribution in [-0.4, -0.2) is 50.1 Å². The molecule has 0 spiro atoms. The molecule has 6 heteroatoms. The molecule has 1 aliphatic heterocycles. The molecule has 2 aromatic carbocycles. The van der Waals surface area contributed by atoms with Crippen molar-refractivity contribution < 1.29 is 9.53 Å². The summed E-state index contributed by atoms with van der Waals surface area (Å²) in [5.74, 6) is 0.789. The maximum Gasteiger partial charge on any atom is 0.251 e. The molecule has 1 heterocycles. The average Bonchev–Trinajstić information content (AvgIpc) is 2.76. The predicted octanol–water partition coefficient (Wildman–Crippen LogP) is 2.89. The third-order valence-electron chi connectivity index (χ3n) is 5.06. The van der Waals surface area contributed by atoms with Gasteiger partial charge in [0.1, 0.15) is 6.10 Å². The molecule has 1 saturated heterocycles. The molecule has 1 unspecified atom stereocenters. The average molecular weight is 395 g/mol. The first-order chi connectivity index (χ1) is 14.1. The number of hydrogen-bond donors (Lipinski definition) is 2. The summed E-state index contributed by atoms with van der Waals surface area (Å²) in [6.07, 6.45) is 0.0328. The van der Waals surface area contributed by atoms with Crippen LogP contribution in [0.5, 0.6) is 0 Å². The second-order valence-electron chi connectivity index (χ2n) is 7.11. The van der Waals surface area contributed by atoms with Crippen LogP contribution in [-0.2, 0) is 11.3 Å². The number of hydrogen-bond acceptors (Lipinski definition) is 3. The zero-order chi connectivity index (χ0) is 20.6. The fraction of sp³-hybridized carbons (Fsp3) is 0.391. The molecule has 0 saturated carbocycles. The molecule has 29 heavy (non-hydrogen) atoms. The number of rotatable bonds is 5. The van der Waals surface area contributed by atoms with E-state index in [0.717, 1.165) is 31.2 Å². The largest absolute Gasteiger partial charge is 0.370 e. The summed E-state index contributed by atoms with van der Waals surface area (Å²) in [5, 5.41) is 6.06. The molecule has 0 bridgehead atoms. The van der Waals surface area contributed by atoms with Gasteiger partial charge in [-0.25, -0.2) is 4.99 Å². The first kappa shape index (κ1) is 20.9. The van der Waals surface area contributed by atoms with Crippen molar-refractivity contribution in [1.82, 2.24) is 15.5 Å². The summed E-state index contributed by atoms with van der Waals surface area (Å²) >= 11 is 0. The lowest BCUT2D eigenvalue weighted by molar-refractivity contribution is -0.00834. The highest BCUT2D eigenvalue weighted by atomic mass is 16.5. The van der Waals surface area contributed by atoms with E-state index >= 15 is 0 Å². The molecule has 154 valence electrons. The van der Waals surface area contributed by atoms with Gasteiger partial charge in [-0.05, 0) is 42.7 Å². The molecule has 0 aliphatic carbocycles. The normalized spacial score (nSPS) is 17.1. The van der Waals surface area contributed by atoms with Gasteiger partial charge in [0.15, 0.2) is 5.96 Å². The number of nitrogens with one attached hydrogen (secondary N) is 2. The third-order valence-corrected chi connectivity index (χ3v) is 5.06. The Morgan fingerprint density at radius 3 is 2.83 bits per heavy atom. The lowest BCUT2D eigenvalue weighted by Crippen LogP contribution is -2.48. The highest BCUT2D eigenvalue weighted by Crippen LogP contribution is 2.25. The summed E-state index contributed by atoms with van der Waals surface area (Å²) in [6, 6.07) is 16.0. The minimum absolute atomic E-state index is 0.0328. The molecule has 0 aromatic heterocycles. The Labute approximate surface area is 173 Å². The first-order valence-corrected chi connectivity index (χ1v) is 10.1. The van der Waals surface area contributed by atoms with Gasteiger partial charge in [-0.2, -0.15) is 0 Å². The number of aliphatic imine (C=N–C) groups is 1. The summed E-state index contributed by atoms with van der Waals surface area (Å²) in [6.45, 7) is 7.72. The summed E-state index contributed by atoms with van der Waals surface area (Å²) in [7, 11) is 1.64. The number of amides is 1. The Balaban J connectivity index is 1.75. The molecule has 2 N–H and O–H groups in total. The lowest BCUT2D eigenvalue weighted by atomic mass is 10.0. The molecule has 0 radical (unpaired) electrons. The van der Waals surface area contributed by atoms with Crippen molar-refractivity contribution in [3.05, 3.63) is 70.8 Å². The van der Waals surface area contributed by atoms with Crippen LogP contribution in [0, 0.1) is 6.92 Å². The van der Waals surface area contributed by atoms with E-state index in [9.17, 15) is 4.79 Å². The number of guanidine groups is 1. The van der Waals surface area contributed by atoms with E-state index in [1.165, 1.54) is 11.1 Å². The number of aryl methyl sites for hydroxylation is 1. The Morgan fingerprint density at radius 1 is 1.24 bits per heavy atom. The third kappa shape index (κ3) is 5.35. The molecule has 6 nitrogen and oxygen atoms in total. The van der Waals surface area contributed by atoms with Crippen LogP contribution in [0.15, 0.2) is 53.5 Å². The number of carbonyl (C=O) groups excluding carboxylic acids is 1. The van der Waals surface area contributed by atoms with Gasteiger partial charge in [-0.1, -0.05) is 36.4 Å². The van der Waals surface area contributed by atoms with E-state index in [0.29, 0.717) is 18.7 Å². The van der Waals surface area contributed by atoms with Gasteiger partial charge in [0.25, 0.3) is 5.91 Å². The fourth-order valence-corrected chi connectivity index (χ4v) is 3.53. The summed E-state index contributed by atoms with van der Waals surface area (Å²) in [4.78, 5) is 19.0. The van der Waals surface area contributed by atoms with Gasteiger partial charge in [0.2, 0.25) is 0 Å². The van der Waals surface area contributed by atoms with Crippen molar-refractivity contribution >= 4 is 11.9 Å². The summed E-state index contributed by atoms with van der Waals surface area (Å²) < 4.78 is 6.05. The Hall–Kier alpha value is -2.86. The molecule has 1 amide bonds. The van der Waals surface area contributed by atoms with Crippen molar-refractivity contribution in [3.8, 4) is 0 Å². The van der Waals surface area contributed by atoms with Crippen LogP contribution in [0.3, 0.4) is 0 Å². The van der Waals surface area contributed by atoms with Crippen molar-refractivity contribution in [2.24, 2.45) is 4.99 Å². The molecule has 2 aromatic rings. The number of nitrogens with zero attached hydrogens (tertiary/aromatic N) is 2. The van der Waals surface area contributed by atoms with Crippen LogP contribution < -0.4 is 10.6 Å². The minimum Gasteiger partial charge on any atom is -0.370 e. The second-order valence-corrected chi connectivity index (χ2v) is 7.11. The van der Waals surface area contributed by atoms with E-state index in [1.807, 2.05) is 24.3 Å². The quantitative estimate of drug-likeness (QED) is 0.605. The molecule has 1 aliphatic rings. The lowest BCUT2D eigenvalue weighted by Gasteiger charge is -2.35. The molecule has 1 atom stereocenters. The monoisotopic (exact) mass is 394 g/mol. The van der Waals surface area contributed by atoms with Gasteiger partial charge < -0.3 is 20.3 Å². The fourth-order valence-electron chi connectivity index (χ4n) is 3.53. The van der Waals surface area contributed by atoms with Gasteiger partial charge >= 0.3 is 0 Å². The molecular formula is C23H30N4O2. The standard InChI is InChI=1S/C23H30N4O2/c1-4-25-23(26-15-18-9-7-10-19(14-18)22(28)24-3)27-12-13-29-21(16-27)20-11-6-5-8-17(20)2/h5-11,14,21H,4,12-13,15-16H2,1-3H3,(H,24,28)(H,25,26). The zero-order valence-corrected chi connectivity index (χ0v) is 17.4. The van der Waals surface area contributed by atoms with E-state index in [4.69, 9.17) is 9.73 Å². The Morgan fingerprint density at radius 2 is 2.07 bits per heavy atom. The van der Waals surface area contributed by atoms with E-state index in [-0.39, 0.29) is 12.0 Å². The van der Waals surface area contributed by atoms with Gasteiger partial charge in [-0.15, -0.1) is 0 Å². The number of carbonyl (C=O) groups is 1. The van der Waals surface area contributed by atoms with Crippen LogP contribution in [0.2, 0.25) is 0 Å². The molecule has 3 rings (SSSR count). The van der Waals surface area contributed by atoms with E-state index in [2.05, 4.69) is 53.6 Å². The number of morpholine rings is 1. The van der Waals surface area contributed by atoms with Gasteiger partial charge in [-0.3, -0.25) is 4.79 Å². The topological polar surface area (TPSA) is 66.0 Å². The van der Waals surface area contributed by atoms with Crippen LogP contribution in [0.4, 0.5) is 0 Å². The highest BCUT2D eigenvalue weighted by Gasteiger charge is 2.25. The molecule has 1 fully saturated rings. The zero-order valence-electron chi connectivity index (χ0n) is 17.4. The maximum absolute atomic E-state index is 11.9. The van der Waals surface area contributed by atoms with Gasteiger partial charge in [0.05, 0.1) is 19.7 Å². The van der Waals surface area contributed by atoms with Crippen LogP contribution in [0.1, 0.15) is 40.1 Å². The predicted molar refractivity (Wildman–Crippen MR) is 116 cm³/mol. The van der Waals surface area contributed by atoms with Crippen molar-refractivity contribution in [1.29, 1.82) is 0 Å². The first-order valence-electron chi connectivity index (χ1n) is 10.1. The van der Waals surface area contributed by atoms with Crippen LogP contribution >= 0.6 is 0 Å². The Bertz CT molecular complexity index is 865. The van der Waals surface area contributed by atoms with Crippen molar-refractivity contribution in [3.63, 3.8) is 0 Å². The van der Waals surface area contributed by atoms with Crippen LogP contribution in [0.25, 0.3) is 0 Å². The Kier molecular flexibility index (Phi) is 7.25. The second kappa shape index (κ2) is 10.1. The molecular weight excluding hydrogens is 364 g/mol. The van der Waals surface area contributed by atoms with Gasteiger partial charge in [0, 0.05) is 25.7 Å². The smallest absolute Gasteiger partial charge is 0.251 e. The summed E-state index contributed by atoms with van der Waals surface area (Å²) in [5.41, 5.74) is 4.13. The van der Waals surface area contributed by atoms with Crippen molar-refractivity contribution in [2.75, 3.05) is 33.3 Å². The number of ether oxygens (including phenoxy) is 1. The van der Waals surface area contributed by atoms with E-state index < -0.39 is 0 Å². The highest BCUT2D eigenvalue weighted by molar-refractivity contribution is 5.94. The van der Waals surface area contributed by atoms with E-state index in [1.54, 1.807) is 7.05 Å². The number of benzene rings is 2.